The van der Waals surface area contributed by atoms with Gasteiger partial charge in [-0.05, 0) is 6.92 Å². The van der Waals surface area contributed by atoms with Gasteiger partial charge in [0.25, 0.3) is 0 Å². The Bertz CT molecular complexity index is 2370. The monoisotopic (exact) mass is 546 g/mol. The first-order valence-electron chi connectivity index (χ1n) is 13.8. The predicted molar refractivity (Wildman–Crippen MR) is 171 cm³/mol. The number of benzene rings is 3. The molecule has 0 radical (unpaired) electrons. The third-order valence-corrected chi connectivity index (χ3v) is 7.93. The Morgan fingerprint density at radius 2 is 1.33 bits per heavy atom. The molecule has 0 unspecified atom stereocenters. The number of nitrogens with zero attached hydrogens (tertiary/aromatic N) is 5. The van der Waals surface area contributed by atoms with E-state index in [9.17, 15) is 0 Å². The van der Waals surface area contributed by atoms with Crippen LogP contribution in [0.1, 0.15) is 6.92 Å². The van der Waals surface area contributed by atoms with Crippen molar-refractivity contribution in [2.24, 2.45) is 27.0 Å². The zero-order chi connectivity index (χ0) is 28.4. The average Bonchev–Trinajstić information content (AvgIpc) is 3.71. The maximum Gasteiger partial charge on any atom is 0.164 e. The molecule has 2 aliphatic rings. The third kappa shape index (κ3) is 3.55. The Labute approximate surface area is 240 Å². The number of fused-ring (bicyclic) bond motifs is 16. The number of aromatic amines is 2. The lowest BCUT2D eigenvalue weighted by Crippen LogP contribution is -2.13. The summed E-state index contributed by atoms with van der Waals surface area (Å²) in [4.78, 5) is 27.3. The molecule has 0 atom stereocenters. The van der Waals surface area contributed by atoms with Gasteiger partial charge in [0.05, 0.1) is 0 Å². The number of hydrogen-bond acceptors (Lipinski definition) is 5. The SMILES string of the molecule is C=C/C=C\C1=C(C)C2=Nc3c4ccccc4c(n3C)Nc3[nH]c(c4ccccc34)N=c3[nH]c(c4ccccc34)=NC1=N2. The lowest BCUT2D eigenvalue weighted by atomic mass is 10.1. The van der Waals surface area contributed by atoms with E-state index < -0.39 is 0 Å². The zero-order valence-corrected chi connectivity index (χ0v) is 23.1. The van der Waals surface area contributed by atoms with Crippen LogP contribution in [0.3, 0.4) is 0 Å². The van der Waals surface area contributed by atoms with E-state index in [0.717, 1.165) is 72.2 Å². The predicted octanol–water partition coefficient (Wildman–Crippen LogP) is 6.97. The fourth-order valence-corrected chi connectivity index (χ4v) is 5.83. The van der Waals surface area contributed by atoms with Crippen molar-refractivity contribution in [1.29, 1.82) is 0 Å². The summed E-state index contributed by atoms with van der Waals surface area (Å²) in [6, 6.07) is 24.7. The molecule has 6 aromatic rings. The number of anilines is 2. The number of nitrogens with one attached hydrogen (secondary N) is 3. The van der Waals surface area contributed by atoms with Crippen LogP contribution >= 0.6 is 0 Å². The molecule has 3 aromatic carbocycles. The Morgan fingerprint density at radius 3 is 2.07 bits per heavy atom. The number of aromatic nitrogens is 3. The number of aliphatic imine (C=N–C) groups is 2. The Balaban J connectivity index is 1.52. The van der Waals surface area contributed by atoms with E-state index in [2.05, 4.69) is 62.8 Å². The molecule has 0 saturated carbocycles. The van der Waals surface area contributed by atoms with Crippen molar-refractivity contribution >= 4 is 67.3 Å². The van der Waals surface area contributed by atoms with Crippen molar-refractivity contribution in [3.8, 4) is 0 Å². The fourth-order valence-electron chi connectivity index (χ4n) is 5.83. The molecule has 0 fully saturated rings. The van der Waals surface area contributed by atoms with Gasteiger partial charge in [-0.2, -0.15) is 0 Å². The van der Waals surface area contributed by atoms with E-state index in [1.807, 2.05) is 62.5 Å². The maximum atomic E-state index is 5.14. The molecule has 8 rings (SSSR count). The highest BCUT2D eigenvalue weighted by molar-refractivity contribution is 6.23. The van der Waals surface area contributed by atoms with E-state index in [1.54, 1.807) is 6.08 Å². The van der Waals surface area contributed by atoms with Crippen LogP contribution in [-0.4, -0.2) is 26.2 Å². The van der Waals surface area contributed by atoms with Gasteiger partial charge in [-0.3, -0.25) is 0 Å². The zero-order valence-electron chi connectivity index (χ0n) is 23.1. The lowest BCUT2D eigenvalue weighted by Gasteiger charge is -2.08. The van der Waals surface area contributed by atoms with E-state index >= 15 is 0 Å². The molecule has 0 amide bonds. The van der Waals surface area contributed by atoms with Gasteiger partial charge in [-0.1, -0.05) is 97.6 Å². The molecule has 202 valence electrons. The Kier molecular flexibility index (Phi) is 5.24. The van der Waals surface area contributed by atoms with Crippen LogP contribution in [0.4, 0.5) is 23.3 Å². The van der Waals surface area contributed by atoms with E-state index in [1.165, 1.54) is 0 Å². The maximum absolute atomic E-state index is 5.14. The molecule has 42 heavy (non-hydrogen) atoms. The molecule has 2 aliphatic heterocycles. The van der Waals surface area contributed by atoms with Gasteiger partial charge in [0.2, 0.25) is 0 Å². The molecule has 8 heteroatoms. The molecule has 3 N–H and O–H groups in total. The molecule has 0 saturated heterocycles. The molecule has 3 aromatic heterocycles. The second-order valence-electron chi connectivity index (χ2n) is 10.4. The van der Waals surface area contributed by atoms with Crippen molar-refractivity contribution in [1.82, 2.24) is 14.5 Å². The molecular weight excluding hydrogens is 520 g/mol. The van der Waals surface area contributed by atoms with Gasteiger partial charge in [-0.15, -0.1) is 0 Å². The summed E-state index contributed by atoms with van der Waals surface area (Å²) < 4.78 is 2.08. The van der Waals surface area contributed by atoms with Gasteiger partial charge in [-0.25, -0.2) is 20.0 Å². The highest BCUT2D eigenvalue weighted by Gasteiger charge is 2.23. The summed E-state index contributed by atoms with van der Waals surface area (Å²) in [5, 5.41) is 9.76. The summed E-state index contributed by atoms with van der Waals surface area (Å²) in [6.07, 6.45) is 5.64. The van der Waals surface area contributed by atoms with Crippen LogP contribution in [0.2, 0.25) is 0 Å². The lowest BCUT2D eigenvalue weighted by molar-refractivity contribution is 0.937. The Morgan fingerprint density at radius 1 is 0.690 bits per heavy atom. The van der Waals surface area contributed by atoms with Crippen LogP contribution in [0, 0.1) is 0 Å². The summed E-state index contributed by atoms with van der Waals surface area (Å²) in [6.45, 7) is 5.89. The molecule has 8 bridgehead atoms. The number of rotatable bonds is 2. The van der Waals surface area contributed by atoms with Gasteiger partial charge < -0.3 is 19.9 Å². The van der Waals surface area contributed by atoms with Crippen molar-refractivity contribution < 1.29 is 0 Å². The first-order chi connectivity index (χ1) is 20.6. The van der Waals surface area contributed by atoms with Crippen molar-refractivity contribution in [3.05, 3.63) is 120 Å². The van der Waals surface area contributed by atoms with Gasteiger partial charge >= 0.3 is 0 Å². The van der Waals surface area contributed by atoms with Crippen LogP contribution in [0.5, 0.6) is 0 Å². The minimum absolute atomic E-state index is 0.583. The topological polar surface area (TPSA) is 98.0 Å². The number of H-pyrrole nitrogens is 2. The molecule has 0 aliphatic carbocycles. The molecule has 8 nitrogen and oxygen atoms in total. The second kappa shape index (κ2) is 9.14. The van der Waals surface area contributed by atoms with Gasteiger partial charge in [0.1, 0.15) is 34.2 Å². The molecular formula is C34H26N8. The Hall–Kier alpha value is -5.76. The highest BCUT2D eigenvalue weighted by Crippen LogP contribution is 2.40. The normalized spacial score (nSPS) is 14.7. The van der Waals surface area contributed by atoms with Crippen molar-refractivity contribution in [2.45, 2.75) is 6.92 Å². The standard InChI is InChI=1S/C34H26N8/c1-4-5-12-20-19(2)27-35-28(20)36-29-21-13-6-7-14-22(21)30(37-29)38-31-23-15-8-9-16-24(23)32(39-31)41-34-26-18-11-10-17-25(26)33(40-27)42(34)3/h4-18,39,41H,1H2,2-3H3,(H,35,36,37,38,40)/b12-5-. The van der Waals surface area contributed by atoms with Crippen molar-refractivity contribution in [2.75, 3.05) is 5.32 Å². The summed E-state index contributed by atoms with van der Waals surface area (Å²) in [5.41, 5.74) is 3.25. The minimum atomic E-state index is 0.583. The highest BCUT2D eigenvalue weighted by atomic mass is 15.2. The van der Waals surface area contributed by atoms with Crippen LogP contribution in [0.25, 0.3) is 32.3 Å². The smallest absolute Gasteiger partial charge is 0.164 e. The van der Waals surface area contributed by atoms with Gasteiger partial charge in [0, 0.05) is 50.5 Å². The number of allylic oxidation sites excluding steroid dienone is 2. The first-order valence-corrected chi connectivity index (χ1v) is 13.8. The van der Waals surface area contributed by atoms with Crippen LogP contribution in [0.15, 0.2) is 129 Å². The molecule has 0 spiro atoms. The van der Waals surface area contributed by atoms with E-state index in [-0.39, 0.29) is 0 Å². The summed E-state index contributed by atoms with van der Waals surface area (Å²) in [7, 11) is 2.02. The molecule has 5 heterocycles. The first kappa shape index (κ1) is 24.1. The fraction of sp³-hybridized carbons (Fsp3) is 0.0588. The van der Waals surface area contributed by atoms with E-state index in [4.69, 9.17) is 20.0 Å². The van der Waals surface area contributed by atoms with Gasteiger partial charge in [0.15, 0.2) is 11.7 Å². The third-order valence-electron chi connectivity index (χ3n) is 7.93. The van der Waals surface area contributed by atoms with Crippen LogP contribution in [-0.2, 0) is 7.05 Å². The second-order valence-corrected chi connectivity index (χ2v) is 10.4. The minimum Gasteiger partial charge on any atom is -0.327 e. The van der Waals surface area contributed by atoms with Crippen molar-refractivity contribution in [3.63, 3.8) is 0 Å². The average molecular weight is 547 g/mol. The number of amidine groups is 2. The number of hydrogen-bond donors (Lipinski definition) is 3. The largest absolute Gasteiger partial charge is 0.327 e. The quantitative estimate of drug-likeness (QED) is 0.201. The summed E-state index contributed by atoms with van der Waals surface area (Å²) in [5.74, 6) is 4.54. The van der Waals surface area contributed by atoms with Crippen LogP contribution < -0.4 is 16.3 Å². The van der Waals surface area contributed by atoms with E-state index in [0.29, 0.717) is 17.2 Å². The summed E-state index contributed by atoms with van der Waals surface area (Å²) >= 11 is 0.